The van der Waals surface area contributed by atoms with Gasteiger partial charge >= 0.3 is 0 Å². The van der Waals surface area contributed by atoms with Crippen LogP contribution in [0.3, 0.4) is 0 Å². The lowest BCUT2D eigenvalue weighted by atomic mass is 10.1. The van der Waals surface area contributed by atoms with Crippen molar-refractivity contribution >= 4 is 21.8 Å². The topological polar surface area (TPSA) is 49.3 Å². The van der Waals surface area contributed by atoms with E-state index in [-0.39, 0.29) is 23.4 Å². The van der Waals surface area contributed by atoms with Crippen LogP contribution in [0.15, 0.2) is 30.3 Å². The lowest BCUT2D eigenvalue weighted by Gasteiger charge is -2.18. The Hall–Kier alpha value is -0.870. The minimum Gasteiger partial charge on any atom is -0.394 e. The van der Waals surface area contributed by atoms with E-state index >= 15 is 0 Å². The summed E-state index contributed by atoms with van der Waals surface area (Å²) < 4.78 is 0. The van der Waals surface area contributed by atoms with Gasteiger partial charge in [0.25, 0.3) is 0 Å². The van der Waals surface area contributed by atoms with Gasteiger partial charge in [0.2, 0.25) is 5.91 Å². The molecule has 0 fully saturated rings. The largest absolute Gasteiger partial charge is 0.394 e. The summed E-state index contributed by atoms with van der Waals surface area (Å²) in [6.45, 7) is 1.88. The second-order valence-corrected chi connectivity index (χ2v) is 5.06. The molecule has 0 bridgehead atoms. The van der Waals surface area contributed by atoms with Crippen molar-refractivity contribution in [3.8, 4) is 0 Å². The van der Waals surface area contributed by atoms with Gasteiger partial charge in [0, 0.05) is 0 Å². The van der Waals surface area contributed by atoms with E-state index in [4.69, 9.17) is 0 Å². The van der Waals surface area contributed by atoms with Crippen LogP contribution in [-0.4, -0.2) is 28.5 Å². The summed E-state index contributed by atoms with van der Waals surface area (Å²) in [5.74, 6) is -0.0671. The van der Waals surface area contributed by atoms with Gasteiger partial charge in [-0.05, 0) is 18.4 Å². The van der Waals surface area contributed by atoms with Gasteiger partial charge < -0.3 is 10.4 Å². The van der Waals surface area contributed by atoms with Crippen molar-refractivity contribution < 1.29 is 9.90 Å². The van der Waals surface area contributed by atoms with Crippen molar-refractivity contribution in [2.75, 3.05) is 6.61 Å². The van der Waals surface area contributed by atoms with Crippen LogP contribution in [0.25, 0.3) is 0 Å². The highest BCUT2D eigenvalue weighted by Crippen LogP contribution is 2.07. The normalized spacial score (nSPS) is 14.1. The molecule has 94 valence electrons. The first-order valence-electron chi connectivity index (χ1n) is 5.76. The van der Waals surface area contributed by atoms with Crippen LogP contribution in [0.4, 0.5) is 0 Å². The molecule has 4 heteroatoms. The molecule has 0 saturated carbocycles. The third-order valence-corrected chi connectivity index (χ3v) is 3.60. The van der Waals surface area contributed by atoms with Gasteiger partial charge in [-0.15, -0.1) is 0 Å². The van der Waals surface area contributed by atoms with E-state index in [2.05, 4.69) is 21.2 Å². The molecule has 2 unspecified atom stereocenters. The Bertz CT molecular complexity index is 343. The highest BCUT2D eigenvalue weighted by molar-refractivity contribution is 9.10. The second kappa shape index (κ2) is 7.45. The molecule has 3 nitrogen and oxygen atoms in total. The third kappa shape index (κ3) is 4.88. The molecule has 0 aromatic heterocycles. The molecule has 0 aliphatic heterocycles. The SMILES string of the molecule is CCC(Br)C(=O)NC(CO)Cc1ccccc1. The Kier molecular flexibility index (Phi) is 6.22. The van der Waals surface area contributed by atoms with Crippen LogP contribution in [-0.2, 0) is 11.2 Å². The molecule has 2 N–H and O–H groups in total. The molecule has 17 heavy (non-hydrogen) atoms. The van der Waals surface area contributed by atoms with Gasteiger partial charge in [0.15, 0.2) is 0 Å². The maximum absolute atomic E-state index is 11.7. The van der Waals surface area contributed by atoms with Gasteiger partial charge in [0.05, 0.1) is 17.5 Å². The molecule has 2 atom stereocenters. The zero-order chi connectivity index (χ0) is 12.7. The Balaban J connectivity index is 2.52. The minimum atomic E-state index is -0.225. The molecule has 1 rings (SSSR count). The van der Waals surface area contributed by atoms with Crippen molar-refractivity contribution in [2.24, 2.45) is 0 Å². The van der Waals surface area contributed by atoms with E-state index in [9.17, 15) is 9.90 Å². The number of rotatable bonds is 6. The van der Waals surface area contributed by atoms with E-state index in [1.165, 1.54) is 0 Å². The Labute approximate surface area is 110 Å². The van der Waals surface area contributed by atoms with Crippen molar-refractivity contribution in [3.63, 3.8) is 0 Å². The molecule has 0 aliphatic carbocycles. The van der Waals surface area contributed by atoms with Gasteiger partial charge in [-0.25, -0.2) is 0 Å². The number of carbonyl (C=O) groups is 1. The van der Waals surface area contributed by atoms with Gasteiger partial charge in [-0.1, -0.05) is 53.2 Å². The van der Waals surface area contributed by atoms with Crippen LogP contribution in [0.2, 0.25) is 0 Å². The van der Waals surface area contributed by atoms with E-state index in [0.717, 1.165) is 12.0 Å². The molecule has 1 aromatic carbocycles. The first kappa shape index (κ1) is 14.2. The quantitative estimate of drug-likeness (QED) is 0.788. The van der Waals surface area contributed by atoms with E-state index < -0.39 is 0 Å². The summed E-state index contributed by atoms with van der Waals surface area (Å²) >= 11 is 3.29. The number of amides is 1. The van der Waals surface area contributed by atoms with E-state index in [1.54, 1.807) is 0 Å². The zero-order valence-corrected chi connectivity index (χ0v) is 11.5. The summed E-state index contributed by atoms with van der Waals surface area (Å²) in [6.07, 6.45) is 1.38. The molecule has 0 saturated heterocycles. The zero-order valence-electron chi connectivity index (χ0n) is 9.90. The predicted molar refractivity (Wildman–Crippen MR) is 72.2 cm³/mol. The minimum absolute atomic E-state index is 0.0515. The number of carbonyl (C=O) groups excluding carboxylic acids is 1. The maximum atomic E-state index is 11.7. The fourth-order valence-corrected chi connectivity index (χ4v) is 1.67. The van der Waals surface area contributed by atoms with Crippen LogP contribution in [0.1, 0.15) is 18.9 Å². The van der Waals surface area contributed by atoms with Crippen LogP contribution in [0.5, 0.6) is 0 Å². The highest BCUT2D eigenvalue weighted by atomic mass is 79.9. The van der Waals surface area contributed by atoms with Crippen LogP contribution < -0.4 is 5.32 Å². The Morgan fingerprint density at radius 3 is 2.59 bits per heavy atom. The molecule has 0 aliphatic rings. The van der Waals surface area contributed by atoms with E-state index in [0.29, 0.717) is 6.42 Å². The van der Waals surface area contributed by atoms with E-state index in [1.807, 2.05) is 37.3 Å². The molecule has 1 amide bonds. The van der Waals surface area contributed by atoms with Crippen molar-refractivity contribution in [3.05, 3.63) is 35.9 Å². The third-order valence-electron chi connectivity index (χ3n) is 2.53. The number of benzene rings is 1. The van der Waals surface area contributed by atoms with Crippen molar-refractivity contribution in [1.29, 1.82) is 0 Å². The highest BCUT2D eigenvalue weighted by Gasteiger charge is 2.17. The number of halogens is 1. The monoisotopic (exact) mass is 299 g/mol. The number of aliphatic hydroxyl groups is 1. The van der Waals surface area contributed by atoms with Gasteiger partial charge in [-0.3, -0.25) is 4.79 Å². The molecule has 0 heterocycles. The summed E-state index contributed by atoms with van der Waals surface area (Å²) in [5, 5.41) is 12.1. The average molecular weight is 300 g/mol. The van der Waals surface area contributed by atoms with Gasteiger partial charge in [0.1, 0.15) is 0 Å². The predicted octanol–water partition coefficient (Wildman–Crippen LogP) is 1.88. The fourth-order valence-electron chi connectivity index (χ4n) is 1.54. The van der Waals surface area contributed by atoms with Crippen molar-refractivity contribution in [2.45, 2.75) is 30.6 Å². The van der Waals surface area contributed by atoms with Gasteiger partial charge in [-0.2, -0.15) is 0 Å². The molecule has 1 aromatic rings. The lowest BCUT2D eigenvalue weighted by molar-refractivity contribution is -0.121. The summed E-state index contributed by atoms with van der Waals surface area (Å²) in [6, 6.07) is 9.59. The first-order chi connectivity index (χ1) is 8.17. The second-order valence-electron chi connectivity index (χ2n) is 3.95. The molecular weight excluding hydrogens is 282 g/mol. The average Bonchev–Trinajstić information content (AvgIpc) is 2.38. The smallest absolute Gasteiger partial charge is 0.234 e. The Morgan fingerprint density at radius 2 is 2.06 bits per heavy atom. The first-order valence-corrected chi connectivity index (χ1v) is 6.68. The molecule has 0 radical (unpaired) electrons. The number of alkyl halides is 1. The summed E-state index contributed by atoms with van der Waals surface area (Å²) in [4.78, 5) is 11.5. The summed E-state index contributed by atoms with van der Waals surface area (Å²) in [7, 11) is 0. The molecule has 0 spiro atoms. The van der Waals surface area contributed by atoms with Crippen LogP contribution in [0, 0.1) is 0 Å². The van der Waals surface area contributed by atoms with Crippen molar-refractivity contribution in [1.82, 2.24) is 5.32 Å². The number of aliphatic hydroxyl groups excluding tert-OH is 1. The Morgan fingerprint density at radius 1 is 1.41 bits per heavy atom. The summed E-state index contributed by atoms with van der Waals surface area (Å²) in [5.41, 5.74) is 1.11. The standard InChI is InChI=1S/C13H18BrNO2/c1-2-12(14)13(17)15-11(9-16)8-10-6-4-3-5-7-10/h3-7,11-12,16H,2,8-9H2,1H3,(H,15,17). The number of hydrogen-bond acceptors (Lipinski definition) is 2. The number of nitrogens with one attached hydrogen (secondary N) is 1. The molecular formula is C13H18BrNO2. The number of hydrogen-bond donors (Lipinski definition) is 2. The van der Waals surface area contributed by atoms with Crippen LogP contribution >= 0.6 is 15.9 Å². The fraction of sp³-hybridized carbons (Fsp3) is 0.462. The lowest BCUT2D eigenvalue weighted by Crippen LogP contribution is -2.42. The maximum Gasteiger partial charge on any atom is 0.234 e.